The summed E-state index contributed by atoms with van der Waals surface area (Å²) in [7, 11) is 1.78. The van der Waals surface area contributed by atoms with Gasteiger partial charge in [-0.3, -0.25) is 0 Å². The zero-order valence-electron chi connectivity index (χ0n) is 10.1. The number of likely N-dealkylation sites (N-methyl/N-ethyl adjacent to an activating group) is 1. The van der Waals surface area contributed by atoms with Gasteiger partial charge in [0.1, 0.15) is 0 Å². The second kappa shape index (κ2) is 6.87. The van der Waals surface area contributed by atoms with Gasteiger partial charge in [0.05, 0.1) is 6.61 Å². The SMILES string of the molecule is CCN(CCOC)CC1(CBr)CCCC1. The zero-order chi connectivity index (χ0) is 11.1. The molecule has 1 fully saturated rings. The van der Waals surface area contributed by atoms with Gasteiger partial charge in [-0.25, -0.2) is 0 Å². The lowest BCUT2D eigenvalue weighted by molar-refractivity contribution is 0.120. The van der Waals surface area contributed by atoms with E-state index in [2.05, 4.69) is 27.8 Å². The molecule has 0 saturated heterocycles. The molecule has 0 aromatic rings. The van der Waals surface area contributed by atoms with Crippen LogP contribution in [0.15, 0.2) is 0 Å². The predicted molar refractivity (Wildman–Crippen MR) is 68.7 cm³/mol. The third kappa shape index (κ3) is 4.04. The van der Waals surface area contributed by atoms with Gasteiger partial charge in [0, 0.05) is 25.5 Å². The number of rotatable bonds is 7. The van der Waals surface area contributed by atoms with Crippen LogP contribution in [0.4, 0.5) is 0 Å². The average molecular weight is 278 g/mol. The molecule has 2 nitrogen and oxygen atoms in total. The number of methoxy groups -OCH3 is 1. The largest absolute Gasteiger partial charge is 0.383 e. The van der Waals surface area contributed by atoms with E-state index in [0.29, 0.717) is 5.41 Å². The molecule has 0 unspecified atom stereocenters. The Morgan fingerprint density at radius 3 is 2.47 bits per heavy atom. The van der Waals surface area contributed by atoms with Crippen molar-refractivity contribution >= 4 is 15.9 Å². The maximum absolute atomic E-state index is 5.15. The Kier molecular flexibility index (Phi) is 6.17. The topological polar surface area (TPSA) is 12.5 Å². The second-order valence-electron chi connectivity index (χ2n) is 4.70. The smallest absolute Gasteiger partial charge is 0.0589 e. The van der Waals surface area contributed by atoms with Gasteiger partial charge in [-0.05, 0) is 24.8 Å². The standard InChI is InChI=1S/C12H24BrNO/c1-3-14(8-9-15-2)11-12(10-13)6-4-5-7-12/h3-11H2,1-2H3. The Labute approximate surface area is 102 Å². The van der Waals surface area contributed by atoms with E-state index >= 15 is 0 Å². The molecule has 0 atom stereocenters. The van der Waals surface area contributed by atoms with Gasteiger partial charge in [0.2, 0.25) is 0 Å². The normalized spacial score (nSPS) is 20.0. The van der Waals surface area contributed by atoms with Gasteiger partial charge in [0.25, 0.3) is 0 Å². The Hall–Kier alpha value is 0.400. The molecule has 90 valence electrons. The van der Waals surface area contributed by atoms with Crippen molar-refractivity contribution < 1.29 is 4.74 Å². The Morgan fingerprint density at radius 1 is 1.33 bits per heavy atom. The molecule has 0 heterocycles. The van der Waals surface area contributed by atoms with Gasteiger partial charge in [-0.15, -0.1) is 0 Å². The molecule has 0 radical (unpaired) electrons. The highest BCUT2D eigenvalue weighted by Crippen LogP contribution is 2.40. The molecule has 1 saturated carbocycles. The van der Waals surface area contributed by atoms with Gasteiger partial charge in [-0.2, -0.15) is 0 Å². The van der Waals surface area contributed by atoms with Crippen LogP contribution in [0.1, 0.15) is 32.6 Å². The van der Waals surface area contributed by atoms with Crippen LogP contribution in [0.2, 0.25) is 0 Å². The summed E-state index contributed by atoms with van der Waals surface area (Å²) < 4.78 is 5.15. The molecule has 0 amide bonds. The number of halogens is 1. The highest BCUT2D eigenvalue weighted by molar-refractivity contribution is 9.09. The summed E-state index contributed by atoms with van der Waals surface area (Å²) in [6.07, 6.45) is 5.60. The molecule has 1 rings (SSSR count). The molecule has 0 aromatic heterocycles. The molecule has 0 N–H and O–H groups in total. The molecule has 1 aliphatic carbocycles. The van der Waals surface area contributed by atoms with Gasteiger partial charge in [-0.1, -0.05) is 35.7 Å². The Bertz CT molecular complexity index is 169. The van der Waals surface area contributed by atoms with E-state index in [0.717, 1.165) is 25.0 Å². The predicted octanol–water partition coefficient (Wildman–Crippen LogP) is 2.91. The number of nitrogens with zero attached hydrogens (tertiary/aromatic N) is 1. The molecule has 1 aliphatic rings. The van der Waals surface area contributed by atoms with Crippen LogP contribution in [-0.2, 0) is 4.74 Å². The van der Waals surface area contributed by atoms with Crippen molar-refractivity contribution in [3.8, 4) is 0 Å². The third-order valence-corrected chi connectivity index (χ3v) is 4.76. The fourth-order valence-corrected chi connectivity index (χ4v) is 3.24. The minimum absolute atomic E-state index is 0.545. The first kappa shape index (κ1) is 13.5. The minimum Gasteiger partial charge on any atom is -0.383 e. The van der Waals surface area contributed by atoms with Crippen molar-refractivity contribution in [2.24, 2.45) is 5.41 Å². The minimum atomic E-state index is 0.545. The van der Waals surface area contributed by atoms with Crippen LogP contribution in [0.25, 0.3) is 0 Å². The Balaban J connectivity index is 2.40. The first-order valence-electron chi connectivity index (χ1n) is 6.03. The molecule has 0 bridgehead atoms. The third-order valence-electron chi connectivity index (χ3n) is 3.57. The Morgan fingerprint density at radius 2 is 2.00 bits per heavy atom. The van der Waals surface area contributed by atoms with E-state index in [1.807, 2.05) is 0 Å². The number of hydrogen-bond acceptors (Lipinski definition) is 2. The fraction of sp³-hybridized carbons (Fsp3) is 1.00. The lowest BCUT2D eigenvalue weighted by atomic mass is 9.88. The van der Waals surface area contributed by atoms with E-state index in [9.17, 15) is 0 Å². The number of alkyl halides is 1. The average Bonchev–Trinajstić information content (AvgIpc) is 2.73. The number of hydrogen-bond donors (Lipinski definition) is 0. The van der Waals surface area contributed by atoms with Crippen molar-refractivity contribution in [3.05, 3.63) is 0 Å². The van der Waals surface area contributed by atoms with Crippen molar-refractivity contribution in [2.75, 3.05) is 38.7 Å². The maximum atomic E-state index is 5.15. The first-order valence-corrected chi connectivity index (χ1v) is 7.16. The van der Waals surface area contributed by atoms with Gasteiger partial charge < -0.3 is 9.64 Å². The van der Waals surface area contributed by atoms with E-state index in [-0.39, 0.29) is 0 Å². The summed E-state index contributed by atoms with van der Waals surface area (Å²) in [5.41, 5.74) is 0.545. The van der Waals surface area contributed by atoms with Gasteiger partial charge >= 0.3 is 0 Å². The summed E-state index contributed by atoms with van der Waals surface area (Å²) >= 11 is 3.70. The van der Waals surface area contributed by atoms with Crippen molar-refractivity contribution in [1.82, 2.24) is 4.90 Å². The lowest BCUT2D eigenvalue weighted by Crippen LogP contribution is -2.39. The lowest BCUT2D eigenvalue weighted by Gasteiger charge is -2.33. The molecule has 15 heavy (non-hydrogen) atoms. The van der Waals surface area contributed by atoms with E-state index in [4.69, 9.17) is 4.74 Å². The van der Waals surface area contributed by atoms with Crippen LogP contribution < -0.4 is 0 Å². The summed E-state index contributed by atoms with van der Waals surface area (Å²) in [6, 6.07) is 0. The summed E-state index contributed by atoms with van der Waals surface area (Å²) in [6.45, 7) is 6.54. The fourth-order valence-electron chi connectivity index (χ4n) is 2.50. The zero-order valence-corrected chi connectivity index (χ0v) is 11.7. The quantitative estimate of drug-likeness (QED) is 0.664. The maximum Gasteiger partial charge on any atom is 0.0589 e. The highest BCUT2D eigenvalue weighted by Gasteiger charge is 2.33. The van der Waals surface area contributed by atoms with Crippen molar-refractivity contribution in [3.63, 3.8) is 0 Å². The van der Waals surface area contributed by atoms with E-state index < -0.39 is 0 Å². The second-order valence-corrected chi connectivity index (χ2v) is 5.26. The van der Waals surface area contributed by atoms with Crippen LogP contribution in [0, 0.1) is 5.41 Å². The van der Waals surface area contributed by atoms with Crippen molar-refractivity contribution in [1.29, 1.82) is 0 Å². The van der Waals surface area contributed by atoms with Crippen LogP contribution in [0.5, 0.6) is 0 Å². The van der Waals surface area contributed by atoms with E-state index in [1.165, 1.54) is 32.2 Å². The summed E-state index contributed by atoms with van der Waals surface area (Å²) in [5.74, 6) is 0. The molecule has 0 spiro atoms. The molecule has 0 aliphatic heterocycles. The molecule has 0 aromatic carbocycles. The monoisotopic (exact) mass is 277 g/mol. The highest BCUT2D eigenvalue weighted by atomic mass is 79.9. The molecular weight excluding hydrogens is 254 g/mol. The first-order chi connectivity index (χ1) is 7.26. The van der Waals surface area contributed by atoms with Gasteiger partial charge in [0.15, 0.2) is 0 Å². The number of ether oxygens (including phenoxy) is 1. The van der Waals surface area contributed by atoms with Crippen molar-refractivity contribution in [2.45, 2.75) is 32.6 Å². The molecule has 3 heteroatoms. The van der Waals surface area contributed by atoms with Crippen LogP contribution in [-0.4, -0.2) is 43.6 Å². The summed E-state index contributed by atoms with van der Waals surface area (Å²) in [5, 5.41) is 1.16. The van der Waals surface area contributed by atoms with Crippen LogP contribution in [0.3, 0.4) is 0 Å². The molecular formula is C12H24BrNO. The summed E-state index contributed by atoms with van der Waals surface area (Å²) in [4.78, 5) is 2.52. The van der Waals surface area contributed by atoms with Crippen LogP contribution >= 0.6 is 15.9 Å². The van der Waals surface area contributed by atoms with E-state index in [1.54, 1.807) is 7.11 Å².